The van der Waals surface area contributed by atoms with Gasteiger partial charge >= 0.3 is 5.97 Å². The second kappa shape index (κ2) is 5.57. The lowest BCUT2D eigenvalue weighted by molar-refractivity contribution is 0.0696. The van der Waals surface area contributed by atoms with Crippen LogP contribution >= 0.6 is 0 Å². The number of allylic oxidation sites excluding steroid dienone is 1. The molecule has 0 heterocycles. The van der Waals surface area contributed by atoms with Crippen LogP contribution in [0.2, 0.25) is 0 Å². The summed E-state index contributed by atoms with van der Waals surface area (Å²) in [5, 5.41) is 9.00. The first-order chi connectivity index (χ1) is 8.65. The predicted octanol–water partition coefficient (Wildman–Crippen LogP) is 2.74. The highest BCUT2D eigenvalue weighted by molar-refractivity contribution is 7.91. The van der Waals surface area contributed by atoms with Gasteiger partial charge in [0.05, 0.1) is 16.2 Å². The summed E-state index contributed by atoms with van der Waals surface area (Å²) in [4.78, 5) is 11.1. The summed E-state index contributed by atoms with van der Waals surface area (Å²) < 4.78 is 24.5. The van der Waals surface area contributed by atoms with E-state index in [9.17, 15) is 13.2 Å². The van der Waals surface area contributed by atoms with Gasteiger partial charge in [-0.2, -0.15) is 0 Å². The van der Waals surface area contributed by atoms with Crippen molar-refractivity contribution in [3.05, 3.63) is 40.5 Å². The minimum atomic E-state index is -3.50. The lowest BCUT2D eigenvalue weighted by Gasteiger charge is -2.10. The average molecular weight is 282 g/mol. The number of sulfone groups is 1. The largest absolute Gasteiger partial charge is 0.478 e. The van der Waals surface area contributed by atoms with Gasteiger partial charge in [0, 0.05) is 0 Å². The first-order valence-corrected chi connectivity index (χ1v) is 7.51. The van der Waals surface area contributed by atoms with Crippen LogP contribution < -0.4 is 0 Å². The van der Waals surface area contributed by atoms with Crippen molar-refractivity contribution in [2.45, 2.75) is 32.6 Å². The molecule has 0 saturated carbocycles. The Morgan fingerprint density at radius 2 is 1.84 bits per heavy atom. The Morgan fingerprint density at radius 3 is 2.32 bits per heavy atom. The number of hydrogen-bond acceptors (Lipinski definition) is 3. The molecule has 0 aliphatic rings. The van der Waals surface area contributed by atoms with Gasteiger partial charge in [-0.1, -0.05) is 11.6 Å². The lowest BCUT2D eigenvalue weighted by atomic mass is 10.1. The molecule has 0 bridgehead atoms. The first kappa shape index (κ1) is 15.4. The summed E-state index contributed by atoms with van der Waals surface area (Å²) in [5.74, 6) is -1.24. The molecule has 0 amide bonds. The van der Waals surface area contributed by atoms with Gasteiger partial charge in [-0.25, -0.2) is 13.2 Å². The Hall–Kier alpha value is -1.62. The van der Waals surface area contributed by atoms with Crippen LogP contribution in [0.15, 0.2) is 28.7 Å². The standard InChI is InChI=1S/C14H18O4S/c1-9(2)5-6-19(17,18)13-8-12(14(15)16)7-10(3)11(13)4/h5,7-8H,6H2,1-4H3,(H,15,16). The number of aryl methyl sites for hydroxylation is 1. The highest BCUT2D eigenvalue weighted by Gasteiger charge is 2.19. The van der Waals surface area contributed by atoms with Crippen LogP contribution in [0.1, 0.15) is 35.3 Å². The number of aromatic carboxylic acids is 1. The molecule has 0 spiro atoms. The van der Waals surface area contributed by atoms with Gasteiger partial charge in [0.15, 0.2) is 9.84 Å². The van der Waals surface area contributed by atoms with Crippen LogP contribution in [0.25, 0.3) is 0 Å². The molecule has 104 valence electrons. The zero-order valence-electron chi connectivity index (χ0n) is 11.5. The summed E-state index contributed by atoms with van der Waals surface area (Å²) in [5.41, 5.74) is 2.18. The van der Waals surface area contributed by atoms with Gasteiger partial charge in [-0.15, -0.1) is 0 Å². The van der Waals surface area contributed by atoms with Crippen LogP contribution in [0, 0.1) is 13.8 Å². The molecule has 19 heavy (non-hydrogen) atoms. The fourth-order valence-corrected chi connectivity index (χ4v) is 3.31. The molecule has 1 N–H and O–H groups in total. The maximum absolute atomic E-state index is 12.2. The quantitative estimate of drug-likeness (QED) is 0.862. The van der Waals surface area contributed by atoms with Crippen molar-refractivity contribution in [2.24, 2.45) is 0 Å². The molecule has 1 aromatic rings. The highest BCUT2D eigenvalue weighted by atomic mass is 32.2. The molecule has 5 heteroatoms. The topological polar surface area (TPSA) is 71.4 Å². The predicted molar refractivity (Wildman–Crippen MR) is 74.4 cm³/mol. The Balaban J connectivity index is 3.41. The van der Waals surface area contributed by atoms with Crippen molar-refractivity contribution in [3.63, 3.8) is 0 Å². The third-order valence-electron chi connectivity index (χ3n) is 2.91. The molecular weight excluding hydrogens is 264 g/mol. The SMILES string of the molecule is CC(C)=CCS(=O)(=O)c1cc(C(=O)O)cc(C)c1C. The van der Waals surface area contributed by atoms with Crippen LogP contribution in [-0.2, 0) is 9.84 Å². The van der Waals surface area contributed by atoms with Gasteiger partial charge in [0.2, 0.25) is 0 Å². The summed E-state index contributed by atoms with van der Waals surface area (Å²) >= 11 is 0. The first-order valence-electron chi connectivity index (χ1n) is 5.86. The third-order valence-corrected chi connectivity index (χ3v) is 4.61. The Labute approximate surface area is 113 Å². The molecule has 0 atom stereocenters. The van der Waals surface area contributed by atoms with Crippen molar-refractivity contribution in [3.8, 4) is 0 Å². The van der Waals surface area contributed by atoms with Crippen molar-refractivity contribution in [1.29, 1.82) is 0 Å². The molecule has 4 nitrogen and oxygen atoms in total. The Bertz CT molecular complexity index is 636. The molecule has 0 radical (unpaired) electrons. The van der Waals surface area contributed by atoms with Crippen molar-refractivity contribution in [1.82, 2.24) is 0 Å². The molecule has 1 aromatic carbocycles. The molecule has 0 aromatic heterocycles. The van der Waals surface area contributed by atoms with Crippen molar-refractivity contribution in [2.75, 3.05) is 5.75 Å². The molecular formula is C14H18O4S. The van der Waals surface area contributed by atoms with Crippen molar-refractivity contribution >= 4 is 15.8 Å². The molecule has 0 unspecified atom stereocenters. The van der Waals surface area contributed by atoms with E-state index in [2.05, 4.69) is 0 Å². The van der Waals surface area contributed by atoms with Crippen LogP contribution in [-0.4, -0.2) is 25.2 Å². The number of carbonyl (C=O) groups is 1. The summed E-state index contributed by atoms with van der Waals surface area (Å²) in [6.07, 6.45) is 1.62. The molecule has 0 saturated heterocycles. The minimum Gasteiger partial charge on any atom is -0.478 e. The Morgan fingerprint density at radius 1 is 1.26 bits per heavy atom. The van der Waals surface area contributed by atoms with Gasteiger partial charge in [0.25, 0.3) is 0 Å². The number of carboxylic acids is 1. The molecule has 0 aliphatic carbocycles. The van der Waals surface area contributed by atoms with Gasteiger partial charge in [-0.3, -0.25) is 0 Å². The fraction of sp³-hybridized carbons (Fsp3) is 0.357. The van der Waals surface area contributed by atoms with Crippen molar-refractivity contribution < 1.29 is 18.3 Å². The van der Waals surface area contributed by atoms with E-state index in [-0.39, 0.29) is 16.2 Å². The van der Waals surface area contributed by atoms with E-state index in [1.807, 2.05) is 13.8 Å². The maximum atomic E-state index is 12.2. The number of hydrogen-bond donors (Lipinski definition) is 1. The lowest BCUT2D eigenvalue weighted by Crippen LogP contribution is -2.10. The molecule has 1 rings (SSSR count). The number of carboxylic acid groups (broad SMARTS) is 1. The molecule has 0 fully saturated rings. The monoisotopic (exact) mass is 282 g/mol. The van der Waals surface area contributed by atoms with E-state index in [4.69, 9.17) is 5.11 Å². The highest BCUT2D eigenvalue weighted by Crippen LogP contribution is 2.22. The van der Waals surface area contributed by atoms with Crippen LogP contribution in [0.3, 0.4) is 0 Å². The van der Waals surface area contributed by atoms with Gasteiger partial charge < -0.3 is 5.11 Å². The van der Waals surface area contributed by atoms with Crippen LogP contribution in [0.5, 0.6) is 0 Å². The van der Waals surface area contributed by atoms with Gasteiger partial charge in [0.1, 0.15) is 0 Å². The number of benzene rings is 1. The van der Waals surface area contributed by atoms with E-state index >= 15 is 0 Å². The van der Waals surface area contributed by atoms with E-state index in [0.29, 0.717) is 11.1 Å². The number of rotatable bonds is 4. The second-order valence-corrected chi connectivity index (χ2v) is 6.79. The smallest absolute Gasteiger partial charge is 0.335 e. The minimum absolute atomic E-state index is 0.00104. The maximum Gasteiger partial charge on any atom is 0.335 e. The zero-order chi connectivity index (χ0) is 14.8. The third kappa shape index (κ3) is 3.67. The van der Waals surface area contributed by atoms with E-state index in [1.165, 1.54) is 12.1 Å². The average Bonchev–Trinajstić information content (AvgIpc) is 2.29. The van der Waals surface area contributed by atoms with E-state index < -0.39 is 15.8 Å². The summed E-state index contributed by atoms with van der Waals surface area (Å²) in [6.45, 7) is 7.04. The zero-order valence-corrected chi connectivity index (χ0v) is 12.3. The summed E-state index contributed by atoms with van der Waals surface area (Å²) in [7, 11) is -3.50. The van der Waals surface area contributed by atoms with E-state index in [0.717, 1.165) is 5.57 Å². The second-order valence-electron chi connectivity index (χ2n) is 4.78. The Kier molecular flexibility index (Phi) is 4.52. The van der Waals surface area contributed by atoms with Gasteiger partial charge in [-0.05, 0) is 51.0 Å². The van der Waals surface area contributed by atoms with Crippen LogP contribution in [0.4, 0.5) is 0 Å². The fourth-order valence-electron chi connectivity index (χ4n) is 1.64. The summed E-state index contributed by atoms with van der Waals surface area (Å²) in [6, 6.07) is 2.72. The van der Waals surface area contributed by atoms with E-state index in [1.54, 1.807) is 19.9 Å². The normalized spacial score (nSPS) is 11.2. The molecule has 0 aliphatic heterocycles.